The van der Waals surface area contributed by atoms with Crippen molar-refractivity contribution in [3.05, 3.63) is 0 Å². The molecule has 0 amide bonds. The maximum atomic E-state index is 12.0. The number of rotatable bonds is 24. The van der Waals surface area contributed by atoms with E-state index in [-0.39, 0.29) is 6.54 Å². The predicted molar refractivity (Wildman–Crippen MR) is 207 cm³/mol. The molecule has 1 saturated carbocycles. The van der Waals surface area contributed by atoms with Gasteiger partial charge in [0.05, 0.1) is 31.4 Å². The number of aliphatic hydroxyl groups is 8. The number of ether oxygens (including phenoxy) is 6. The molecule has 0 bridgehead atoms. The fourth-order valence-electron chi connectivity index (χ4n) is 8.08. The highest BCUT2D eigenvalue weighted by Crippen LogP contribution is 2.35. The number of hydrogen-bond donors (Lipinski definition) is 13. The lowest BCUT2D eigenvalue weighted by Crippen LogP contribution is -2.69. The molecule has 4 rings (SSSR count). The number of aliphatic hydroxyl groups excluding tert-OH is 8. The third-order valence-electron chi connectivity index (χ3n) is 11.2. The van der Waals surface area contributed by atoms with Crippen molar-refractivity contribution in [3.63, 3.8) is 0 Å². The first-order valence-electron chi connectivity index (χ1n) is 21.4. The Morgan fingerprint density at radius 1 is 0.456 bits per heavy atom. The highest BCUT2D eigenvalue weighted by molar-refractivity contribution is 5.04. The van der Waals surface area contributed by atoms with E-state index in [1.165, 1.54) is 0 Å². The molecule has 0 aromatic heterocycles. The normalized spacial score (nSPS) is 42.8. The summed E-state index contributed by atoms with van der Waals surface area (Å²) in [6.45, 7) is 11.8. The van der Waals surface area contributed by atoms with Gasteiger partial charge in [0.1, 0.15) is 67.1 Å². The summed E-state index contributed by atoms with van der Waals surface area (Å²) in [6.07, 6.45) is -14.1. The topological polar surface area (TPSA) is 277 Å². The molecule has 0 aromatic rings. The maximum absolute atomic E-state index is 12.0. The first-order valence-corrected chi connectivity index (χ1v) is 21.4. The highest BCUT2D eigenvalue weighted by atomic mass is 16.8. The average molecular weight is 826 g/mol. The monoisotopic (exact) mass is 826 g/mol. The lowest BCUT2D eigenvalue weighted by Gasteiger charge is -2.49. The van der Waals surface area contributed by atoms with Crippen molar-refractivity contribution in [1.82, 2.24) is 26.6 Å². The Kier molecular flexibility index (Phi) is 21.1. The highest BCUT2D eigenvalue weighted by Gasteiger charge is 2.55. The fourth-order valence-corrected chi connectivity index (χ4v) is 8.08. The molecular formula is C38H75N5O14. The molecule has 0 spiro atoms. The van der Waals surface area contributed by atoms with Gasteiger partial charge in [-0.3, -0.25) is 0 Å². The lowest BCUT2D eigenvalue weighted by molar-refractivity contribution is -0.315. The van der Waals surface area contributed by atoms with E-state index in [4.69, 9.17) is 28.4 Å². The molecule has 3 aliphatic heterocycles. The van der Waals surface area contributed by atoms with Gasteiger partial charge in [-0.25, -0.2) is 0 Å². The molecule has 1 unspecified atom stereocenters. The predicted octanol–water partition coefficient (Wildman–Crippen LogP) is -3.66. The van der Waals surface area contributed by atoms with Gasteiger partial charge in [-0.2, -0.15) is 0 Å². The van der Waals surface area contributed by atoms with Gasteiger partial charge in [-0.05, 0) is 71.2 Å². The first kappa shape index (κ1) is 48.9. The zero-order valence-corrected chi connectivity index (χ0v) is 34.4. The molecule has 3 saturated heterocycles. The largest absolute Gasteiger partial charge is 0.394 e. The summed E-state index contributed by atoms with van der Waals surface area (Å²) < 4.78 is 37.9. The second kappa shape index (κ2) is 24.6. The van der Waals surface area contributed by atoms with Crippen LogP contribution in [0.5, 0.6) is 0 Å². The van der Waals surface area contributed by atoms with Gasteiger partial charge in [0.15, 0.2) is 18.9 Å². The number of hydrogen-bond acceptors (Lipinski definition) is 19. The van der Waals surface area contributed by atoms with Crippen LogP contribution in [0.2, 0.25) is 0 Å². The van der Waals surface area contributed by atoms with E-state index >= 15 is 0 Å². The maximum Gasteiger partial charge on any atom is 0.187 e. The van der Waals surface area contributed by atoms with Gasteiger partial charge in [0.25, 0.3) is 0 Å². The van der Waals surface area contributed by atoms with E-state index in [9.17, 15) is 40.9 Å². The first-order chi connectivity index (χ1) is 27.5. The Morgan fingerprint density at radius 3 is 1.46 bits per heavy atom. The van der Waals surface area contributed by atoms with Crippen LogP contribution >= 0.6 is 0 Å². The van der Waals surface area contributed by atoms with E-state index in [1.807, 2.05) is 34.6 Å². The smallest absolute Gasteiger partial charge is 0.187 e. The van der Waals surface area contributed by atoms with Crippen LogP contribution in [0.25, 0.3) is 0 Å². The lowest BCUT2D eigenvalue weighted by atomic mass is 9.83. The van der Waals surface area contributed by atoms with Crippen LogP contribution in [-0.2, 0) is 28.4 Å². The van der Waals surface area contributed by atoms with Crippen LogP contribution in [0.3, 0.4) is 0 Å². The second-order valence-corrected chi connectivity index (χ2v) is 15.8. The SMILES string of the molecule is CCCNCC1O[C@H](O[C@H]2[C@@H](O)[C@H](O[C@@H]3[C@@H](O)[C@H](NCCC)C[C@H](NCCC)[C@H]3O[C@H]3O[C@H](CO)[C@@H](O)[C@H](O)[C@H]3NCCC)O[C@@H]2CO)[C@H](NCCC)[C@@H](O)[C@@H]1O. The van der Waals surface area contributed by atoms with Gasteiger partial charge >= 0.3 is 0 Å². The van der Waals surface area contributed by atoms with Gasteiger partial charge in [0.2, 0.25) is 0 Å². The van der Waals surface area contributed by atoms with E-state index < -0.39 is 129 Å². The van der Waals surface area contributed by atoms with Crippen molar-refractivity contribution >= 4 is 0 Å². The van der Waals surface area contributed by atoms with E-state index in [1.54, 1.807) is 0 Å². The van der Waals surface area contributed by atoms with Crippen molar-refractivity contribution in [2.45, 2.75) is 189 Å². The van der Waals surface area contributed by atoms with Gasteiger partial charge in [-0.1, -0.05) is 34.6 Å². The molecule has 0 aromatic carbocycles. The van der Waals surface area contributed by atoms with Crippen molar-refractivity contribution in [2.24, 2.45) is 0 Å². The third kappa shape index (κ3) is 12.4. The number of nitrogens with one attached hydrogen (secondary N) is 5. The molecule has 13 N–H and O–H groups in total. The van der Waals surface area contributed by atoms with Crippen LogP contribution in [0.1, 0.15) is 73.1 Å². The van der Waals surface area contributed by atoms with Crippen molar-refractivity contribution < 1.29 is 69.3 Å². The summed E-state index contributed by atoms with van der Waals surface area (Å²) in [4.78, 5) is 0. The zero-order valence-electron chi connectivity index (χ0n) is 34.4. The molecule has 57 heavy (non-hydrogen) atoms. The van der Waals surface area contributed by atoms with Gasteiger partial charge in [-0.15, -0.1) is 0 Å². The van der Waals surface area contributed by atoms with Crippen molar-refractivity contribution in [1.29, 1.82) is 0 Å². The fraction of sp³-hybridized carbons (Fsp3) is 1.00. The Balaban J connectivity index is 1.63. The van der Waals surface area contributed by atoms with Crippen LogP contribution in [0.15, 0.2) is 0 Å². The summed E-state index contributed by atoms with van der Waals surface area (Å²) in [5, 5.41) is 105. The Labute approximate surface area is 337 Å². The Bertz CT molecular complexity index is 1110. The zero-order chi connectivity index (χ0) is 41.6. The molecule has 19 heteroatoms. The van der Waals surface area contributed by atoms with Crippen LogP contribution in [0.4, 0.5) is 0 Å². The average Bonchev–Trinajstić information content (AvgIpc) is 3.50. The molecule has 4 aliphatic rings. The summed E-state index contributed by atoms with van der Waals surface area (Å²) >= 11 is 0. The van der Waals surface area contributed by atoms with E-state index in [0.717, 1.165) is 19.3 Å². The molecule has 4 fully saturated rings. The van der Waals surface area contributed by atoms with E-state index in [2.05, 4.69) is 26.6 Å². The minimum absolute atomic E-state index is 0.237. The molecule has 19 nitrogen and oxygen atoms in total. The summed E-state index contributed by atoms with van der Waals surface area (Å²) in [5.41, 5.74) is 0. The minimum Gasteiger partial charge on any atom is -0.394 e. The quantitative estimate of drug-likeness (QED) is 0.0418. The summed E-state index contributed by atoms with van der Waals surface area (Å²) in [6, 6.07) is -2.72. The minimum atomic E-state index is -1.53. The van der Waals surface area contributed by atoms with Crippen LogP contribution in [0, 0.1) is 0 Å². The third-order valence-corrected chi connectivity index (χ3v) is 11.2. The van der Waals surface area contributed by atoms with Crippen molar-refractivity contribution in [3.8, 4) is 0 Å². The van der Waals surface area contributed by atoms with Crippen molar-refractivity contribution in [2.75, 3.05) is 52.5 Å². The summed E-state index contributed by atoms with van der Waals surface area (Å²) in [5.74, 6) is 0. The molecular weight excluding hydrogens is 750 g/mol. The summed E-state index contributed by atoms with van der Waals surface area (Å²) in [7, 11) is 0. The Hall–Kier alpha value is -0.760. The van der Waals surface area contributed by atoms with E-state index in [0.29, 0.717) is 52.0 Å². The van der Waals surface area contributed by atoms with Gasteiger partial charge in [0, 0.05) is 18.6 Å². The van der Waals surface area contributed by atoms with Crippen LogP contribution in [-0.4, -0.2) is 210 Å². The molecule has 336 valence electrons. The van der Waals surface area contributed by atoms with Crippen LogP contribution < -0.4 is 26.6 Å². The molecule has 19 atom stereocenters. The van der Waals surface area contributed by atoms with Gasteiger partial charge < -0.3 is 95.9 Å². The Morgan fingerprint density at radius 2 is 0.912 bits per heavy atom. The second-order valence-electron chi connectivity index (χ2n) is 15.8. The molecule has 1 aliphatic carbocycles. The standard InChI is InChI=1S/C38H75N5O14/c1-6-11-39-17-22-28(47)30(49)25(42-14-9-4)36(52-22)56-34-24(19-45)54-38(32(34)51)57-35-27(46)20(40-12-7-2)16-21(41-13-8-3)33(35)55-37-26(43-15-10-5)31(50)29(48)23(18-44)53-37/h20-51H,6-19H2,1-5H3/t20-,21+,22?,23-,24-,25-,26-,27+,28-,29-,30-,31-,32-,33-,34-,35-,36-,37-,38+/m1/s1. The molecule has 3 heterocycles. The molecule has 0 radical (unpaired) electrons.